The van der Waals surface area contributed by atoms with Crippen molar-refractivity contribution in [3.63, 3.8) is 0 Å². The average molecular weight is 460 g/mol. The summed E-state index contributed by atoms with van der Waals surface area (Å²) in [6, 6.07) is 14.1. The summed E-state index contributed by atoms with van der Waals surface area (Å²) in [5.74, 6) is 0.00478. The first-order valence-corrected chi connectivity index (χ1v) is 12.1. The standard InChI is InChI=1S/C22H25N3O4S2/c1-5-25(6-2)31(27,28)17-12-13-19(29-4)18(14-17)24-21(26)20-15(3)23-22(30-20)16-10-8-7-9-11-16/h7-14H,5-6H2,1-4H3,(H,24,26). The fourth-order valence-corrected chi connectivity index (χ4v) is 5.60. The summed E-state index contributed by atoms with van der Waals surface area (Å²) in [4.78, 5) is 18.1. The highest BCUT2D eigenvalue weighted by Crippen LogP contribution is 2.32. The van der Waals surface area contributed by atoms with Gasteiger partial charge in [0.2, 0.25) is 10.0 Å². The van der Waals surface area contributed by atoms with Crippen LogP contribution >= 0.6 is 11.3 Å². The van der Waals surface area contributed by atoms with Crippen LogP contribution < -0.4 is 10.1 Å². The van der Waals surface area contributed by atoms with Crippen LogP contribution in [0.5, 0.6) is 5.75 Å². The molecule has 0 fully saturated rings. The second kappa shape index (κ2) is 9.59. The Hall–Kier alpha value is -2.75. The zero-order valence-electron chi connectivity index (χ0n) is 17.9. The lowest BCUT2D eigenvalue weighted by atomic mass is 10.2. The molecule has 1 heterocycles. The molecule has 31 heavy (non-hydrogen) atoms. The second-order valence-electron chi connectivity index (χ2n) is 6.71. The fourth-order valence-electron chi connectivity index (χ4n) is 3.15. The summed E-state index contributed by atoms with van der Waals surface area (Å²) < 4.78 is 32.5. The van der Waals surface area contributed by atoms with Crippen molar-refractivity contribution in [2.75, 3.05) is 25.5 Å². The van der Waals surface area contributed by atoms with Crippen molar-refractivity contribution in [1.82, 2.24) is 9.29 Å². The number of ether oxygens (including phenoxy) is 1. The minimum atomic E-state index is -3.67. The molecule has 0 radical (unpaired) electrons. The van der Waals surface area contributed by atoms with E-state index >= 15 is 0 Å². The fraction of sp³-hybridized carbons (Fsp3) is 0.273. The number of sulfonamides is 1. The van der Waals surface area contributed by atoms with Crippen LogP contribution in [-0.4, -0.2) is 43.8 Å². The van der Waals surface area contributed by atoms with Gasteiger partial charge in [0.25, 0.3) is 5.91 Å². The quantitative estimate of drug-likeness (QED) is 0.539. The van der Waals surface area contributed by atoms with Crippen LogP contribution in [0, 0.1) is 6.92 Å². The average Bonchev–Trinajstić information content (AvgIpc) is 3.16. The molecule has 9 heteroatoms. The van der Waals surface area contributed by atoms with Crippen LogP contribution in [0.4, 0.5) is 5.69 Å². The van der Waals surface area contributed by atoms with Crippen molar-refractivity contribution >= 4 is 33.0 Å². The zero-order valence-corrected chi connectivity index (χ0v) is 19.5. The monoisotopic (exact) mass is 459 g/mol. The van der Waals surface area contributed by atoms with Gasteiger partial charge in [-0.2, -0.15) is 4.31 Å². The molecule has 7 nitrogen and oxygen atoms in total. The van der Waals surface area contributed by atoms with E-state index in [2.05, 4.69) is 10.3 Å². The first kappa shape index (κ1) is 22.9. The molecule has 0 saturated carbocycles. The Morgan fingerprint density at radius 3 is 2.42 bits per heavy atom. The summed E-state index contributed by atoms with van der Waals surface area (Å²) in [6.45, 7) is 6.05. The number of amides is 1. The third-order valence-corrected chi connectivity index (χ3v) is 8.04. The second-order valence-corrected chi connectivity index (χ2v) is 9.64. The lowest BCUT2D eigenvalue weighted by Crippen LogP contribution is -2.30. The van der Waals surface area contributed by atoms with Gasteiger partial charge >= 0.3 is 0 Å². The number of anilines is 1. The minimum Gasteiger partial charge on any atom is -0.495 e. The molecule has 0 saturated heterocycles. The maximum absolute atomic E-state index is 13.0. The van der Waals surface area contributed by atoms with Gasteiger partial charge in [0, 0.05) is 18.7 Å². The number of nitrogens with one attached hydrogen (secondary N) is 1. The number of nitrogens with zero attached hydrogens (tertiary/aromatic N) is 2. The molecule has 1 N–H and O–H groups in total. The maximum atomic E-state index is 13.0. The molecule has 0 bridgehead atoms. The number of benzene rings is 2. The Kier molecular flexibility index (Phi) is 7.09. The Morgan fingerprint density at radius 2 is 1.81 bits per heavy atom. The van der Waals surface area contributed by atoms with Gasteiger partial charge in [0.1, 0.15) is 15.6 Å². The van der Waals surface area contributed by atoms with E-state index < -0.39 is 10.0 Å². The molecule has 0 aliphatic rings. The van der Waals surface area contributed by atoms with Gasteiger partial charge in [-0.25, -0.2) is 13.4 Å². The minimum absolute atomic E-state index is 0.0956. The number of aromatic nitrogens is 1. The molecule has 3 aromatic rings. The van der Waals surface area contributed by atoms with E-state index in [1.165, 1.54) is 34.9 Å². The number of methoxy groups -OCH3 is 1. The van der Waals surface area contributed by atoms with Gasteiger partial charge in [0.05, 0.1) is 23.4 Å². The molecule has 1 amide bonds. The molecule has 0 aliphatic heterocycles. The van der Waals surface area contributed by atoms with Crippen molar-refractivity contribution in [2.45, 2.75) is 25.7 Å². The molecular weight excluding hydrogens is 434 g/mol. The van der Waals surface area contributed by atoms with Crippen molar-refractivity contribution in [1.29, 1.82) is 0 Å². The molecular formula is C22H25N3O4S2. The van der Waals surface area contributed by atoms with Crippen LogP contribution in [0.15, 0.2) is 53.4 Å². The highest BCUT2D eigenvalue weighted by molar-refractivity contribution is 7.89. The zero-order chi connectivity index (χ0) is 22.6. The molecule has 0 unspecified atom stereocenters. The van der Waals surface area contributed by atoms with E-state index in [-0.39, 0.29) is 16.5 Å². The van der Waals surface area contributed by atoms with E-state index in [1.807, 2.05) is 30.3 Å². The van der Waals surface area contributed by atoms with Gasteiger partial charge in [0.15, 0.2) is 0 Å². The van der Waals surface area contributed by atoms with E-state index in [4.69, 9.17) is 4.74 Å². The van der Waals surface area contributed by atoms with E-state index in [0.717, 1.165) is 10.6 Å². The van der Waals surface area contributed by atoms with Gasteiger partial charge in [-0.05, 0) is 25.1 Å². The van der Waals surface area contributed by atoms with E-state index in [9.17, 15) is 13.2 Å². The number of rotatable bonds is 8. The van der Waals surface area contributed by atoms with Gasteiger partial charge in [-0.1, -0.05) is 44.2 Å². The number of hydrogen-bond acceptors (Lipinski definition) is 6. The first-order valence-electron chi connectivity index (χ1n) is 9.84. The number of hydrogen-bond donors (Lipinski definition) is 1. The number of carbonyl (C=O) groups excluding carboxylic acids is 1. The summed E-state index contributed by atoms with van der Waals surface area (Å²) >= 11 is 1.28. The molecule has 0 aliphatic carbocycles. The van der Waals surface area contributed by atoms with Crippen LogP contribution in [0.2, 0.25) is 0 Å². The Bertz CT molecular complexity index is 1170. The van der Waals surface area contributed by atoms with E-state index in [1.54, 1.807) is 26.8 Å². The normalized spacial score (nSPS) is 11.5. The summed E-state index contributed by atoms with van der Waals surface area (Å²) in [6.07, 6.45) is 0. The Balaban J connectivity index is 1.94. The smallest absolute Gasteiger partial charge is 0.267 e. The molecule has 1 aromatic heterocycles. The topological polar surface area (TPSA) is 88.6 Å². The number of thiazole rings is 1. The summed E-state index contributed by atoms with van der Waals surface area (Å²) in [7, 11) is -2.21. The molecule has 164 valence electrons. The van der Waals surface area contributed by atoms with Crippen LogP contribution in [0.3, 0.4) is 0 Å². The van der Waals surface area contributed by atoms with Crippen molar-refractivity contribution < 1.29 is 17.9 Å². The van der Waals surface area contributed by atoms with Crippen molar-refractivity contribution in [2.24, 2.45) is 0 Å². The van der Waals surface area contributed by atoms with E-state index in [0.29, 0.717) is 29.4 Å². The Morgan fingerprint density at radius 1 is 1.13 bits per heavy atom. The van der Waals surface area contributed by atoms with Crippen molar-refractivity contribution in [3.05, 3.63) is 59.1 Å². The highest BCUT2D eigenvalue weighted by atomic mass is 32.2. The van der Waals surface area contributed by atoms with Crippen molar-refractivity contribution in [3.8, 4) is 16.3 Å². The third kappa shape index (κ3) is 4.79. The Labute approximate surface area is 186 Å². The molecule has 0 atom stereocenters. The first-order chi connectivity index (χ1) is 14.8. The van der Waals surface area contributed by atoms with Crippen LogP contribution in [0.1, 0.15) is 29.2 Å². The SMILES string of the molecule is CCN(CC)S(=O)(=O)c1ccc(OC)c(NC(=O)c2sc(-c3ccccc3)nc2C)c1. The van der Waals surface area contributed by atoms with Gasteiger partial charge in [-0.15, -0.1) is 11.3 Å². The number of aryl methyl sites for hydroxylation is 1. The largest absolute Gasteiger partial charge is 0.495 e. The number of carbonyl (C=O) groups is 1. The summed E-state index contributed by atoms with van der Waals surface area (Å²) in [5.41, 5.74) is 1.82. The third-order valence-electron chi connectivity index (χ3n) is 4.79. The predicted molar refractivity (Wildman–Crippen MR) is 123 cm³/mol. The van der Waals surface area contributed by atoms with Gasteiger partial charge in [-0.3, -0.25) is 4.79 Å². The lowest BCUT2D eigenvalue weighted by molar-refractivity contribution is 0.102. The highest BCUT2D eigenvalue weighted by Gasteiger charge is 2.24. The molecule has 3 rings (SSSR count). The lowest BCUT2D eigenvalue weighted by Gasteiger charge is -2.19. The maximum Gasteiger partial charge on any atom is 0.267 e. The van der Waals surface area contributed by atoms with Gasteiger partial charge < -0.3 is 10.1 Å². The predicted octanol–water partition coefficient (Wildman–Crippen LogP) is 4.41. The van der Waals surface area contributed by atoms with Crippen LogP contribution in [0.25, 0.3) is 10.6 Å². The molecule has 0 spiro atoms. The summed E-state index contributed by atoms with van der Waals surface area (Å²) in [5, 5.41) is 3.54. The molecule has 2 aromatic carbocycles. The van der Waals surface area contributed by atoms with Crippen LogP contribution in [-0.2, 0) is 10.0 Å².